The Balaban J connectivity index is 1.47. The van der Waals surface area contributed by atoms with Gasteiger partial charge in [-0.25, -0.2) is 4.39 Å². The van der Waals surface area contributed by atoms with Crippen LogP contribution in [0.4, 0.5) is 15.8 Å². The van der Waals surface area contributed by atoms with Gasteiger partial charge < -0.3 is 15.4 Å². The Hall–Kier alpha value is -3.66. The molecule has 1 amide bonds. The van der Waals surface area contributed by atoms with Crippen molar-refractivity contribution in [2.24, 2.45) is 0 Å². The molecule has 0 fully saturated rings. The lowest BCUT2D eigenvalue weighted by Gasteiger charge is -2.18. The quantitative estimate of drug-likeness (QED) is 0.645. The number of carbonyl (C=O) groups is 1. The van der Waals surface area contributed by atoms with Gasteiger partial charge >= 0.3 is 0 Å². The number of hydrogen-bond acceptors (Lipinski definition) is 5. The molecule has 1 aliphatic rings. The first kappa shape index (κ1) is 18.7. The van der Waals surface area contributed by atoms with E-state index in [4.69, 9.17) is 4.74 Å². The number of amides is 1. The van der Waals surface area contributed by atoms with Gasteiger partial charge in [0.15, 0.2) is 0 Å². The number of nitrogens with one attached hydrogen (secondary N) is 2. The second-order valence-corrected chi connectivity index (χ2v) is 6.92. The minimum Gasteiger partial charge on any atom is -0.492 e. The van der Waals surface area contributed by atoms with Crippen LogP contribution in [0.1, 0.15) is 23.1 Å². The van der Waals surface area contributed by atoms with E-state index in [9.17, 15) is 14.4 Å². The molecule has 2 N–H and O–H groups in total. The highest BCUT2D eigenvalue weighted by Gasteiger charge is 2.15. The first-order chi connectivity index (χ1) is 14.0. The first-order valence-electron chi connectivity index (χ1n) is 9.33. The summed E-state index contributed by atoms with van der Waals surface area (Å²) in [5.74, 6) is 0.371. The zero-order valence-corrected chi connectivity index (χ0v) is 15.9. The van der Waals surface area contributed by atoms with Gasteiger partial charge in [0.1, 0.15) is 24.2 Å². The minimum atomic E-state index is -0.368. The number of ether oxygens (including phenoxy) is 1. The maximum Gasteiger partial charge on any atom is 0.224 e. The molecule has 0 saturated carbocycles. The Bertz CT molecular complexity index is 1150. The van der Waals surface area contributed by atoms with Crippen molar-refractivity contribution in [3.8, 4) is 11.8 Å². The molecule has 146 valence electrons. The molecule has 2 aromatic carbocycles. The molecular weight excluding hydrogens is 371 g/mol. The van der Waals surface area contributed by atoms with Gasteiger partial charge in [0.2, 0.25) is 5.91 Å². The predicted octanol–water partition coefficient (Wildman–Crippen LogP) is 3.93. The van der Waals surface area contributed by atoms with Crippen molar-refractivity contribution >= 4 is 28.2 Å². The lowest BCUT2D eigenvalue weighted by Crippen LogP contribution is -2.19. The molecule has 2 heterocycles. The van der Waals surface area contributed by atoms with Gasteiger partial charge in [-0.3, -0.25) is 9.78 Å². The zero-order valence-electron chi connectivity index (χ0n) is 15.9. The fraction of sp³-hybridized carbons (Fsp3) is 0.227. The molecule has 0 unspecified atom stereocenters. The third kappa shape index (κ3) is 3.83. The Morgan fingerprint density at radius 2 is 2.17 bits per heavy atom. The van der Waals surface area contributed by atoms with Gasteiger partial charge in [0.05, 0.1) is 16.8 Å². The number of nitrogens with zero attached hydrogens (tertiary/aromatic N) is 2. The number of hydrogen-bond donors (Lipinski definition) is 2. The summed E-state index contributed by atoms with van der Waals surface area (Å²) in [5.41, 5.74) is 4.15. The number of carbonyl (C=O) groups excluding carboxylic acids is 1. The van der Waals surface area contributed by atoms with Crippen molar-refractivity contribution in [1.82, 2.24) is 4.98 Å². The van der Waals surface area contributed by atoms with E-state index in [1.54, 1.807) is 6.92 Å². The molecule has 0 atom stereocenters. The summed E-state index contributed by atoms with van der Waals surface area (Å²) < 4.78 is 19.7. The van der Waals surface area contributed by atoms with Crippen molar-refractivity contribution in [3.63, 3.8) is 0 Å². The van der Waals surface area contributed by atoms with Crippen LogP contribution in [-0.2, 0) is 11.2 Å². The summed E-state index contributed by atoms with van der Waals surface area (Å²) >= 11 is 0. The van der Waals surface area contributed by atoms with Crippen LogP contribution in [-0.4, -0.2) is 24.0 Å². The van der Waals surface area contributed by atoms with Crippen molar-refractivity contribution in [3.05, 3.63) is 59.0 Å². The number of aryl methyl sites for hydroxylation is 2. The number of pyridine rings is 1. The van der Waals surface area contributed by atoms with Gasteiger partial charge in [0.25, 0.3) is 0 Å². The van der Waals surface area contributed by atoms with Crippen LogP contribution in [0.3, 0.4) is 0 Å². The topological polar surface area (TPSA) is 87.0 Å². The largest absolute Gasteiger partial charge is 0.492 e. The smallest absolute Gasteiger partial charge is 0.224 e. The molecule has 0 aliphatic carbocycles. The van der Waals surface area contributed by atoms with Gasteiger partial charge in [0, 0.05) is 30.2 Å². The summed E-state index contributed by atoms with van der Waals surface area (Å²) in [6.45, 7) is 2.57. The molecule has 0 spiro atoms. The van der Waals surface area contributed by atoms with E-state index in [0.717, 1.165) is 11.3 Å². The van der Waals surface area contributed by atoms with E-state index in [1.165, 1.54) is 18.3 Å². The number of fused-ring (bicyclic) bond motifs is 2. The molecule has 1 aromatic heterocycles. The molecule has 4 rings (SSSR count). The van der Waals surface area contributed by atoms with E-state index in [2.05, 4.69) is 21.7 Å². The molecule has 0 saturated heterocycles. The molecule has 1 aliphatic heterocycles. The number of halogens is 1. The van der Waals surface area contributed by atoms with Gasteiger partial charge in [-0.05, 0) is 54.8 Å². The number of anilines is 2. The van der Waals surface area contributed by atoms with Crippen LogP contribution >= 0.6 is 0 Å². The maximum atomic E-state index is 13.9. The second-order valence-electron chi connectivity index (χ2n) is 6.92. The maximum absolute atomic E-state index is 13.9. The third-order valence-corrected chi connectivity index (χ3v) is 4.89. The Kier molecular flexibility index (Phi) is 5.00. The molecule has 0 bridgehead atoms. The fourth-order valence-corrected chi connectivity index (χ4v) is 3.51. The summed E-state index contributed by atoms with van der Waals surface area (Å²) in [4.78, 5) is 15.7. The van der Waals surface area contributed by atoms with Crippen molar-refractivity contribution < 1.29 is 13.9 Å². The van der Waals surface area contributed by atoms with Crippen LogP contribution in [0.5, 0.6) is 5.75 Å². The molecule has 7 heteroatoms. The van der Waals surface area contributed by atoms with Gasteiger partial charge in [-0.2, -0.15) is 5.26 Å². The first-order valence-corrected chi connectivity index (χ1v) is 9.33. The van der Waals surface area contributed by atoms with Gasteiger partial charge in [-0.15, -0.1) is 0 Å². The highest BCUT2D eigenvalue weighted by Crippen LogP contribution is 2.29. The van der Waals surface area contributed by atoms with Crippen LogP contribution in [0.15, 0.2) is 36.5 Å². The lowest BCUT2D eigenvalue weighted by atomic mass is 10.0. The van der Waals surface area contributed by atoms with E-state index < -0.39 is 0 Å². The summed E-state index contributed by atoms with van der Waals surface area (Å²) in [6, 6.07) is 10.5. The molecule has 0 radical (unpaired) electrons. The van der Waals surface area contributed by atoms with E-state index in [0.29, 0.717) is 59.5 Å². The average Bonchev–Trinajstić information content (AvgIpc) is 2.71. The molecular formula is C22H19FN4O2. The van der Waals surface area contributed by atoms with Crippen molar-refractivity contribution in [2.45, 2.75) is 19.8 Å². The molecule has 6 nitrogen and oxygen atoms in total. The van der Waals surface area contributed by atoms with Crippen molar-refractivity contribution in [1.29, 1.82) is 5.26 Å². The highest BCUT2D eigenvalue weighted by molar-refractivity contribution is 5.95. The SMILES string of the molecule is Cc1cc(F)cc2c(NCCOc3ccc4c(c3)CCC(=O)N4)c(C#N)cnc12. The molecule has 3 aromatic rings. The standard InChI is InChI=1S/C22H19FN4O2/c1-13-8-16(23)10-18-21(13)26-12-15(11-24)22(18)25-6-7-29-17-3-4-19-14(9-17)2-5-20(28)27-19/h3-4,8-10,12H,2,5-7H2,1H3,(H,25,26)(H,27,28). The van der Waals surface area contributed by atoms with Gasteiger partial charge in [-0.1, -0.05) is 0 Å². The van der Waals surface area contributed by atoms with E-state index in [1.807, 2.05) is 18.2 Å². The fourth-order valence-electron chi connectivity index (χ4n) is 3.51. The Labute approximate surface area is 167 Å². The summed E-state index contributed by atoms with van der Waals surface area (Å²) in [5, 5.41) is 16.0. The number of aromatic nitrogens is 1. The highest BCUT2D eigenvalue weighted by atomic mass is 19.1. The zero-order chi connectivity index (χ0) is 20.4. The number of nitriles is 1. The second kappa shape index (κ2) is 7.76. The third-order valence-electron chi connectivity index (χ3n) is 4.89. The van der Waals surface area contributed by atoms with E-state index in [-0.39, 0.29) is 11.7 Å². The van der Waals surface area contributed by atoms with Crippen molar-refractivity contribution in [2.75, 3.05) is 23.8 Å². The monoisotopic (exact) mass is 390 g/mol. The van der Waals surface area contributed by atoms with Crippen LogP contribution in [0.2, 0.25) is 0 Å². The predicted molar refractivity (Wildman–Crippen MR) is 109 cm³/mol. The lowest BCUT2D eigenvalue weighted by molar-refractivity contribution is -0.116. The number of benzene rings is 2. The Morgan fingerprint density at radius 3 is 3.00 bits per heavy atom. The van der Waals surface area contributed by atoms with Crippen LogP contribution < -0.4 is 15.4 Å². The summed E-state index contributed by atoms with van der Waals surface area (Å²) in [7, 11) is 0. The van der Waals surface area contributed by atoms with E-state index >= 15 is 0 Å². The summed E-state index contributed by atoms with van der Waals surface area (Å²) in [6.07, 6.45) is 2.66. The number of rotatable bonds is 5. The van der Waals surface area contributed by atoms with Crippen LogP contribution in [0, 0.1) is 24.1 Å². The average molecular weight is 390 g/mol. The normalized spacial score (nSPS) is 12.8. The minimum absolute atomic E-state index is 0.0277. The van der Waals surface area contributed by atoms with Crippen LogP contribution in [0.25, 0.3) is 10.9 Å². The Morgan fingerprint density at radius 1 is 1.31 bits per heavy atom. The molecule has 29 heavy (non-hydrogen) atoms.